The zero-order valence-electron chi connectivity index (χ0n) is 12.7. The largest absolute Gasteiger partial charge is 0.383 e. The number of guanidine groups is 1. The number of rotatable bonds is 6. The van der Waals surface area contributed by atoms with Gasteiger partial charge in [-0.2, -0.15) is 0 Å². The molecule has 2 rings (SSSR count). The molecule has 3 N–H and O–H groups in total. The number of hydrogen-bond donors (Lipinski definition) is 2. The SMILES string of the molecule is COCC(C)NC(N)=NCc1ccc(N2CC=CC2)cc1. The molecule has 0 saturated carbocycles. The molecule has 1 aliphatic heterocycles. The maximum absolute atomic E-state index is 5.85. The highest BCUT2D eigenvalue weighted by Gasteiger charge is 2.07. The summed E-state index contributed by atoms with van der Waals surface area (Å²) in [6.45, 7) is 5.17. The maximum atomic E-state index is 5.85. The molecule has 114 valence electrons. The van der Waals surface area contributed by atoms with Crippen molar-refractivity contribution in [3.63, 3.8) is 0 Å². The topological polar surface area (TPSA) is 62.9 Å². The molecule has 0 radical (unpaired) electrons. The summed E-state index contributed by atoms with van der Waals surface area (Å²) in [6.07, 6.45) is 4.37. The van der Waals surface area contributed by atoms with E-state index in [1.807, 2.05) is 6.92 Å². The van der Waals surface area contributed by atoms with Gasteiger partial charge in [0.2, 0.25) is 0 Å². The first-order chi connectivity index (χ1) is 10.2. The molecule has 0 aromatic heterocycles. The van der Waals surface area contributed by atoms with Crippen LogP contribution >= 0.6 is 0 Å². The Kier molecular flexibility index (Phi) is 5.63. The Labute approximate surface area is 126 Å². The number of benzene rings is 1. The Morgan fingerprint density at radius 1 is 1.33 bits per heavy atom. The number of anilines is 1. The summed E-state index contributed by atoms with van der Waals surface area (Å²) in [6, 6.07) is 8.62. The van der Waals surface area contributed by atoms with Crippen LogP contribution in [0.15, 0.2) is 41.4 Å². The number of hydrogen-bond acceptors (Lipinski definition) is 3. The number of nitrogens with zero attached hydrogens (tertiary/aromatic N) is 2. The standard InChI is InChI=1S/C16H24N4O/c1-13(12-21-2)19-16(17)18-11-14-5-7-15(8-6-14)20-9-3-4-10-20/h3-8,13H,9-12H2,1-2H3,(H3,17,18,19). The molecule has 1 aliphatic rings. The van der Waals surface area contributed by atoms with E-state index in [1.165, 1.54) is 5.69 Å². The monoisotopic (exact) mass is 288 g/mol. The Balaban J connectivity index is 1.85. The number of nitrogens with one attached hydrogen (secondary N) is 1. The van der Waals surface area contributed by atoms with Crippen LogP contribution in [-0.2, 0) is 11.3 Å². The van der Waals surface area contributed by atoms with Crippen molar-refractivity contribution in [3.05, 3.63) is 42.0 Å². The van der Waals surface area contributed by atoms with Gasteiger partial charge < -0.3 is 20.7 Å². The van der Waals surface area contributed by atoms with Crippen LogP contribution in [0.4, 0.5) is 5.69 Å². The third-order valence-electron chi connectivity index (χ3n) is 3.36. The van der Waals surface area contributed by atoms with Crippen LogP contribution in [0.2, 0.25) is 0 Å². The smallest absolute Gasteiger partial charge is 0.189 e. The number of aliphatic imine (C=N–C) groups is 1. The van der Waals surface area contributed by atoms with Gasteiger partial charge in [-0.1, -0.05) is 24.3 Å². The lowest BCUT2D eigenvalue weighted by Crippen LogP contribution is -2.40. The summed E-state index contributed by atoms with van der Waals surface area (Å²) in [5.41, 5.74) is 8.24. The van der Waals surface area contributed by atoms with Crippen molar-refractivity contribution in [2.75, 3.05) is 31.7 Å². The van der Waals surface area contributed by atoms with Gasteiger partial charge in [0.05, 0.1) is 13.2 Å². The van der Waals surface area contributed by atoms with E-state index >= 15 is 0 Å². The second kappa shape index (κ2) is 7.69. The highest BCUT2D eigenvalue weighted by molar-refractivity contribution is 5.78. The van der Waals surface area contributed by atoms with E-state index in [9.17, 15) is 0 Å². The Morgan fingerprint density at radius 2 is 2.00 bits per heavy atom. The van der Waals surface area contributed by atoms with Gasteiger partial charge >= 0.3 is 0 Å². The minimum atomic E-state index is 0.156. The van der Waals surface area contributed by atoms with Crippen molar-refractivity contribution >= 4 is 11.6 Å². The van der Waals surface area contributed by atoms with Gasteiger partial charge in [0.25, 0.3) is 0 Å². The van der Waals surface area contributed by atoms with E-state index in [0.29, 0.717) is 19.1 Å². The van der Waals surface area contributed by atoms with Crippen LogP contribution in [0.1, 0.15) is 12.5 Å². The zero-order chi connectivity index (χ0) is 15.1. The van der Waals surface area contributed by atoms with E-state index in [4.69, 9.17) is 10.5 Å². The second-order valence-corrected chi connectivity index (χ2v) is 5.25. The summed E-state index contributed by atoms with van der Waals surface area (Å²) in [7, 11) is 1.67. The van der Waals surface area contributed by atoms with E-state index in [0.717, 1.165) is 18.7 Å². The summed E-state index contributed by atoms with van der Waals surface area (Å²) in [5.74, 6) is 0.451. The molecule has 0 saturated heterocycles. The van der Waals surface area contributed by atoms with Crippen molar-refractivity contribution in [2.45, 2.75) is 19.5 Å². The van der Waals surface area contributed by atoms with Crippen LogP contribution in [-0.4, -0.2) is 38.8 Å². The fourth-order valence-electron chi connectivity index (χ4n) is 2.27. The molecule has 5 nitrogen and oxygen atoms in total. The third-order valence-corrected chi connectivity index (χ3v) is 3.36. The average molecular weight is 288 g/mol. The third kappa shape index (κ3) is 4.79. The predicted octanol–water partition coefficient (Wildman–Crippen LogP) is 1.50. The summed E-state index contributed by atoms with van der Waals surface area (Å²) < 4.78 is 5.05. The van der Waals surface area contributed by atoms with Gasteiger partial charge in [-0.3, -0.25) is 0 Å². The first-order valence-corrected chi connectivity index (χ1v) is 7.23. The normalized spacial score (nSPS) is 16.3. The van der Waals surface area contributed by atoms with Gasteiger partial charge in [-0.15, -0.1) is 0 Å². The molecular formula is C16H24N4O. The lowest BCUT2D eigenvalue weighted by molar-refractivity contribution is 0.179. The number of ether oxygens (including phenoxy) is 1. The maximum Gasteiger partial charge on any atom is 0.189 e. The molecule has 5 heteroatoms. The molecule has 1 aromatic rings. The fraction of sp³-hybridized carbons (Fsp3) is 0.438. The van der Waals surface area contributed by atoms with Crippen molar-refractivity contribution in [1.82, 2.24) is 5.32 Å². The Bertz CT molecular complexity index is 488. The second-order valence-electron chi connectivity index (χ2n) is 5.25. The lowest BCUT2D eigenvalue weighted by atomic mass is 10.2. The van der Waals surface area contributed by atoms with Crippen molar-refractivity contribution in [1.29, 1.82) is 0 Å². The predicted molar refractivity (Wildman–Crippen MR) is 87.6 cm³/mol. The van der Waals surface area contributed by atoms with Crippen LogP contribution in [0.5, 0.6) is 0 Å². The number of methoxy groups -OCH3 is 1. The Hall–Kier alpha value is -2.01. The molecular weight excluding hydrogens is 264 g/mol. The van der Waals surface area contributed by atoms with Crippen LogP contribution in [0.25, 0.3) is 0 Å². The minimum absolute atomic E-state index is 0.156. The first kappa shape index (κ1) is 15.4. The minimum Gasteiger partial charge on any atom is -0.383 e. The van der Waals surface area contributed by atoms with E-state index in [2.05, 4.69) is 51.6 Å². The molecule has 0 amide bonds. The van der Waals surface area contributed by atoms with Crippen LogP contribution < -0.4 is 16.0 Å². The fourth-order valence-corrected chi connectivity index (χ4v) is 2.27. The Morgan fingerprint density at radius 3 is 2.62 bits per heavy atom. The van der Waals surface area contributed by atoms with Crippen LogP contribution in [0, 0.1) is 0 Å². The van der Waals surface area contributed by atoms with Crippen molar-refractivity contribution in [2.24, 2.45) is 10.7 Å². The number of nitrogens with two attached hydrogens (primary N) is 1. The van der Waals surface area contributed by atoms with Crippen molar-refractivity contribution in [3.8, 4) is 0 Å². The molecule has 1 unspecified atom stereocenters. The van der Waals surface area contributed by atoms with Gasteiger partial charge in [0.15, 0.2) is 5.96 Å². The lowest BCUT2D eigenvalue weighted by Gasteiger charge is -2.17. The van der Waals surface area contributed by atoms with Crippen LogP contribution in [0.3, 0.4) is 0 Å². The van der Waals surface area contributed by atoms with Gasteiger partial charge in [0.1, 0.15) is 0 Å². The molecule has 21 heavy (non-hydrogen) atoms. The van der Waals surface area contributed by atoms with E-state index < -0.39 is 0 Å². The average Bonchev–Trinajstić information content (AvgIpc) is 3.00. The van der Waals surface area contributed by atoms with Gasteiger partial charge in [0, 0.05) is 31.9 Å². The molecule has 1 aromatic carbocycles. The zero-order valence-corrected chi connectivity index (χ0v) is 12.7. The quantitative estimate of drug-likeness (QED) is 0.473. The summed E-state index contributed by atoms with van der Waals surface area (Å²) >= 11 is 0. The first-order valence-electron chi connectivity index (χ1n) is 7.23. The molecule has 1 atom stereocenters. The molecule has 0 spiro atoms. The molecule has 0 aliphatic carbocycles. The highest BCUT2D eigenvalue weighted by atomic mass is 16.5. The summed E-state index contributed by atoms with van der Waals surface area (Å²) in [4.78, 5) is 6.66. The van der Waals surface area contributed by atoms with E-state index in [-0.39, 0.29) is 6.04 Å². The van der Waals surface area contributed by atoms with E-state index in [1.54, 1.807) is 7.11 Å². The highest BCUT2D eigenvalue weighted by Crippen LogP contribution is 2.17. The van der Waals surface area contributed by atoms with Crippen molar-refractivity contribution < 1.29 is 4.74 Å². The molecule has 0 bridgehead atoms. The molecule has 0 fully saturated rings. The van der Waals surface area contributed by atoms with Gasteiger partial charge in [-0.05, 0) is 24.6 Å². The summed E-state index contributed by atoms with van der Waals surface area (Å²) in [5, 5.41) is 3.09. The van der Waals surface area contributed by atoms with Gasteiger partial charge in [-0.25, -0.2) is 4.99 Å². The molecule has 1 heterocycles.